The van der Waals surface area contributed by atoms with E-state index in [0.29, 0.717) is 11.9 Å². The lowest BCUT2D eigenvalue weighted by atomic mass is 10.2. The van der Waals surface area contributed by atoms with Crippen LogP contribution in [0.15, 0.2) is 29.1 Å². The van der Waals surface area contributed by atoms with Gasteiger partial charge < -0.3 is 10.7 Å². The summed E-state index contributed by atoms with van der Waals surface area (Å²) in [5.41, 5.74) is 6.11. The Morgan fingerprint density at radius 1 is 1.35 bits per heavy atom. The lowest BCUT2D eigenvalue weighted by molar-refractivity contribution is 0.940. The third-order valence-corrected chi connectivity index (χ3v) is 3.45. The van der Waals surface area contributed by atoms with Gasteiger partial charge in [-0.05, 0) is 30.9 Å². The quantitative estimate of drug-likeness (QED) is 0.788. The zero-order valence-electron chi connectivity index (χ0n) is 9.48. The van der Waals surface area contributed by atoms with E-state index in [4.69, 9.17) is 5.73 Å². The molecular weight excluding hydrogens is 234 g/mol. The number of nitrogens with two attached hydrogens (primary N) is 1. The van der Waals surface area contributed by atoms with Gasteiger partial charge in [0, 0.05) is 0 Å². The largest absolute Gasteiger partial charge is 0.330 e. The Morgan fingerprint density at radius 2 is 2.18 bits per heavy atom. The summed E-state index contributed by atoms with van der Waals surface area (Å²) in [6, 6.07) is 7.38. The number of aromatic nitrogens is 2. The zero-order chi connectivity index (χ0) is 12.1. The van der Waals surface area contributed by atoms with E-state index in [1.807, 2.05) is 18.2 Å². The summed E-state index contributed by atoms with van der Waals surface area (Å²) in [6.07, 6.45) is 0.989. The van der Waals surface area contributed by atoms with E-state index in [0.717, 1.165) is 29.3 Å². The Balaban J connectivity index is 2.16. The molecule has 0 fully saturated rings. The van der Waals surface area contributed by atoms with Gasteiger partial charge in [0.25, 0.3) is 5.56 Å². The molecule has 0 radical (unpaired) electrons. The smallest absolute Gasteiger partial charge is 0.258 e. The second-order valence-corrected chi connectivity index (χ2v) is 4.83. The van der Waals surface area contributed by atoms with Crippen LogP contribution in [0.3, 0.4) is 0 Å². The minimum Gasteiger partial charge on any atom is -0.330 e. The van der Waals surface area contributed by atoms with Crippen molar-refractivity contribution in [2.75, 3.05) is 12.3 Å². The van der Waals surface area contributed by atoms with E-state index in [2.05, 4.69) is 9.97 Å². The summed E-state index contributed by atoms with van der Waals surface area (Å²) in [5.74, 6) is 2.45. The van der Waals surface area contributed by atoms with Crippen LogP contribution >= 0.6 is 11.8 Å². The van der Waals surface area contributed by atoms with E-state index in [1.54, 1.807) is 17.8 Å². The molecular formula is C12H15N3OS. The van der Waals surface area contributed by atoms with Crippen molar-refractivity contribution >= 4 is 22.7 Å². The average molecular weight is 249 g/mol. The number of para-hydroxylation sites is 1. The van der Waals surface area contributed by atoms with E-state index in [-0.39, 0.29) is 5.56 Å². The van der Waals surface area contributed by atoms with Gasteiger partial charge in [-0.2, -0.15) is 11.8 Å². The second kappa shape index (κ2) is 5.84. The van der Waals surface area contributed by atoms with Crippen LogP contribution < -0.4 is 11.3 Å². The number of thioether (sulfide) groups is 1. The summed E-state index contributed by atoms with van der Waals surface area (Å²) in [6.45, 7) is 0.703. The minimum atomic E-state index is -0.0648. The van der Waals surface area contributed by atoms with Gasteiger partial charge in [-0.3, -0.25) is 4.79 Å². The highest BCUT2D eigenvalue weighted by Crippen LogP contribution is 2.11. The van der Waals surface area contributed by atoms with Crippen molar-refractivity contribution in [3.8, 4) is 0 Å². The van der Waals surface area contributed by atoms with Gasteiger partial charge in [0.05, 0.1) is 16.7 Å². The number of rotatable bonds is 5. The molecule has 0 saturated heterocycles. The number of hydrogen-bond donors (Lipinski definition) is 2. The van der Waals surface area contributed by atoms with Crippen molar-refractivity contribution in [1.82, 2.24) is 9.97 Å². The molecule has 0 aliphatic rings. The van der Waals surface area contributed by atoms with Crippen LogP contribution in [0.25, 0.3) is 10.9 Å². The Morgan fingerprint density at radius 3 is 3.00 bits per heavy atom. The maximum absolute atomic E-state index is 11.8. The van der Waals surface area contributed by atoms with Crippen LogP contribution in [-0.2, 0) is 5.75 Å². The second-order valence-electron chi connectivity index (χ2n) is 3.72. The molecule has 3 N–H and O–H groups in total. The van der Waals surface area contributed by atoms with Gasteiger partial charge in [-0.25, -0.2) is 4.98 Å². The van der Waals surface area contributed by atoms with Crippen molar-refractivity contribution in [3.05, 3.63) is 40.4 Å². The topological polar surface area (TPSA) is 71.8 Å². The lowest BCUT2D eigenvalue weighted by Crippen LogP contribution is -2.11. The first-order chi connectivity index (χ1) is 8.31. The van der Waals surface area contributed by atoms with Crippen molar-refractivity contribution in [2.45, 2.75) is 12.2 Å². The maximum Gasteiger partial charge on any atom is 0.258 e. The fourth-order valence-corrected chi connectivity index (χ4v) is 2.40. The van der Waals surface area contributed by atoms with E-state index >= 15 is 0 Å². The first kappa shape index (κ1) is 12.1. The molecule has 5 heteroatoms. The van der Waals surface area contributed by atoms with Gasteiger partial charge in [0.1, 0.15) is 5.82 Å². The lowest BCUT2D eigenvalue weighted by Gasteiger charge is -2.02. The predicted molar refractivity (Wildman–Crippen MR) is 72.2 cm³/mol. The highest BCUT2D eigenvalue weighted by Gasteiger charge is 2.02. The molecule has 0 aliphatic carbocycles. The molecule has 1 heterocycles. The summed E-state index contributed by atoms with van der Waals surface area (Å²) < 4.78 is 0. The molecule has 1 aromatic heterocycles. The van der Waals surface area contributed by atoms with Gasteiger partial charge in [-0.15, -0.1) is 0 Å². The molecule has 0 aliphatic heterocycles. The normalized spacial score (nSPS) is 10.9. The van der Waals surface area contributed by atoms with Crippen LogP contribution in [0.5, 0.6) is 0 Å². The molecule has 0 saturated carbocycles. The van der Waals surface area contributed by atoms with Crippen molar-refractivity contribution in [2.24, 2.45) is 5.73 Å². The first-order valence-electron chi connectivity index (χ1n) is 5.57. The van der Waals surface area contributed by atoms with Crippen LogP contribution in [0.1, 0.15) is 12.2 Å². The Hall–Kier alpha value is -1.33. The molecule has 0 spiro atoms. The van der Waals surface area contributed by atoms with Crippen molar-refractivity contribution < 1.29 is 0 Å². The molecule has 0 bridgehead atoms. The standard InChI is InChI=1S/C12H15N3OS/c13-6-3-7-17-8-11-14-10-5-2-1-4-9(10)12(16)15-11/h1-2,4-5H,3,6-8,13H2,(H,14,15,16). The fourth-order valence-electron chi connectivity index (χ4n) is 1.56. The highest BCUT2D eigenvalue weighted by atomic mass is 32.2. The van der Waals surface area contributed by atoms with Gasteiger partial charge >= 0.3 is 0 Å². The number of aromatic amines is 1. The Bertz CT molecular complexity index is 553. The van der Waals surface area contributed by atoms with Gasteiger partial charge in [-0.1, -0.05) is 12.1 Å². The summed E-state index contributed by atoms with van der Waals surface area (Å²) in [7, 11) is 0. The van der Waals surface area contributed by atoms with Gasteiger partial charge in [0.2, 0.25) is 0 Å². The third kappa shape index (κ3) is 3.08. The first-order valence-corrected chi connectivity index (χ1v) is 6.72. The van der Waals surface area contributed by atoms with Gasteiger partial charge in [0.15, 0.2) is 0 Å². The van der Waals surface area contributed by atoms with Crippen LogP contribution in [0, 0.1) is 0 Å². The molecule has 90 valence electrons. The van der Waals surface area contributed by atoms with Crippen molar-refractivity contribution in [1.29, 1.82) is 0 Å². The monoisotopic (exact) mass is 249 g/mol. The number of nitrogens with one attached hydrogen (secondary N) is 1. The van der Waals surface area contributed by atoms with E-state index in [1.165, 1.54) is 0 Å². The van der Waals surface area contributed by atoms with E-state index in [9.17, 15) is 4.79 Å². The fraction of sp³-hybridized carbons (Fsp3) is 0.333. The third-order valence-electron chi connectivity index (χ3n) is 2.39. The molecule has 2 aromatic rings. The molecule has 4 nitrogen and oxygen atoms in total. The summed E-state index contributed by atoms with van der Waals surface area (Å²) in [4.78, 5) is 19.0. The number of H-pyrrole nitrogens is 1. The SMILES string of the molecule is NCCCSCc1nc2ccccc2c(=O)[nH]1. The van der Waals surface area contributed by atoms with Crippen LogP contribution in [0.2, 0.25) is 0 Å². The highest BCUT2D eigenvalue weighted by molar-refractivity contribution is 7.98. The number of nitrogens with zero attached hydrogens (tertiary/aromatic N) is 1. The molecule has 17 heavy (non-hydrogen) atoms. The minimum absolute atomic E-state index is 0.0648. The van der Waals surface area contributed by atoms with E-state index < -0.39 is 0 Å². The molecule has 2 rings (SSSR count). The maximum atomic E-state index is 11.8. The zero-order valence-corrected chi connectivity index (χ0v) is 10.3. The Labute approximate surface area is 104 Å². The average Bonchev–Trinajstić information content (AvgIpc) is 2.35. The summed E-state index contributed by atoms with van der Waals surface area (Å²) >= 11 is 1.74. The molecule has 1 aromatic carbocycles. The van der Waals surface area contributed by atoms with Crippen LogP contribution in [-0.4, -0.2) is 22.3 Å². The predicted octanol–water partition coefficient (Wildman–Crippen LogP) is 1.51. The molecule has 0 atom stereocenters. The summed E-state index contributed by atoms with van der Waals surface area (Å²) in [5, 5.41) is 0.642. The number of benzene rings is 1. The van der Waals surface area contributed by atoms with Crippen molar-refractivity contribution in [3.63, 3.8) is 0 Å². The number of fused-ring (bicyclic) bond motifs is 1. The number of hydrogen-bond acceptors (Lipinski definition) is 4. The molecule has 0 amide bonds. The molecule has 0 unspecified atom stereocenters. The van der Waals surface area contributed by atoms with Crippen LogP contribution in [0.4, 0.5) is 0 Å². The Kier molecular flexibility index (Phi) is 4.17.